The van der Waals surface area contributed by atoms with Crippen molar-refractivity contribution in [3.8, 4) is 0 Å². The van der Waals surface area contributed by atoms with Crippen LogP contribution in [0.2, 0.25) is 0 Å². The number of aryl methyl sites for hydroxylation is 2. The molecule has 3 rings (SSSR count). The minimum absolute atomic E-state index is 0.337. The molecular weight excluding hydrogens is 262 g/mol. The number of nitrogens with one attached hydrogen (secondary N) is 1. The highest BCUT2D eigenvalue weighted by Crippen LogP contribution is 2.14. The van der Waals surface area contributed by atoms with E-state index in [0.29, 0.717) is 6.04 Å². The van der Waals surface area contributed by atoms with Crippen molar-refractivity contribution in [2.45, 2.75) is 33.0 Å². The van der Waals surface area contributed by atoms with Gasteiger partial charge in [0.05, 0.1) is 30.3 Å². The van der Waals surface area contributed by atoms with Crippen molar-refractivity contribution in [2.24, 2.45) is 7.05 Å². The van der Waals surface area contributed by atoms with E-state index < -0.39 is 0 Å². The van der Waals surface area contributed by atoms with Crippen LogP contribution in [0.15, 0.2) is 36.7 Å². The molecule has 5 heteroatoms. The molecule has 0 aliphatic heterocycles. The lowest BCUT2D eigenvalue weighted by molar-refractivity contribution is 0.443. The van der Waals surface area contributed by atoms with Crippen LogP contribution in [0.25, 0.3) is 11.0 Å². The summed E-state index contributed by atoms with van der Waals surface area (Å²) in [5.41, 5.74) is 3.41. The molecule has 21 heavy (non-hydrogen) atoms. The Labute approximate surface area is 124 Å². The van der Waals surface area contributed by atoms with Crippen molar-refractivity contribution >= 4 is 11.0 Å². The van der Waals surface area contributed by atoms with E-state index in [1.165, 1.54) is 11.1 Å². The number of nitrogens with zero attached hydrogens (tertiary/aromatic N) is 4. The number of fused-ring (bicyclic) bond motifs is 1. The van der Waals surface area contributed by atoms with Crippen LogP contribution in [0.1, 0.15) is 18.3 Å². The molecule has 0 bridgehead atoms. The zero-order valence-electron chi connectivity index (χ0n) is 12.7. The van der Waals surface area contributed by atoms with Crippen LogP contribution >= 0.6 is 0 Å². The third-order valence-electron chi connectivity index (χ3n) is 3.71. The molecule has 2 aromatic heterocycles. The van der Waals surface area contributed by atoms with Crippen molar-refractivity contribution in [3.05, 3.63) is 48.0 Å². The standard InChI is InChI=1S/C16H21N5/c1-12-8-18-21(10-12)11-13(2)17-9-16-19-14-6-4-5-7-15(14)20(16)3/h4-8,10,13,17H,9,11H2,1-3H3. The highest BCUT2D eigenvalue weighted by Gasteiger charge is 2.09. The molecule has 0 saturated carbocycles. The summed E-state index contributed by atoms with van der Waals surface area (Å²) in [5.74, 6) is 1.06. The van der Waals surface area contributed by atoms with Gasteiger partial charge in [-0.1, -0.05) is 12.1 Å². The van der Waals surface area contributed by atoms with Crippen molar-refractivity contribution in [3.63, 3.8) is 0 Å². The third kappa shape index (κ3) is 2.97. The molecule has 0 saturated heterocycles. The Morgan fingerprint density at radius 1 is 1.29 bits per heavy atom. The third-order valence-corrected chi connectivity index (χ3v) is 3.71. The lowest BCUT2D eigenvalue weighted by Gasteiger charge is -2.13. The average molecular weight is 283 g/mol. The summed E-state index contributed by atoms with van der Waals surface area (Å²) in [6, 6.07) is 8.56. The maximum absolute atomic E-state index is 4.67. The lowest BCUT2D eigenvalue weighted by atomic mass is 10.3. The molecule has 3 aromatic rings. The quantitative estimate of drug-likeness (QED) is 0.781. The number of benzene rings is 1. The predicted octanol–water partition coefficient (Wildman–Crippen LogP) is 2.26. The highest BCUT2D eigenvalue weighted by atomic mass is 15.3. The molecule has 0 fully saturated rings. The van der Waals surface area contributed by atoms with Crippen LogP contribution in [0, 0.1) is 6.92 Å². The van der Waals surface area contributed by atoms with Gasteiger partial charge in [-0.2, -0.15) is 5.10 Å². The summed E-state index contributed by atoms with van der Waals surface area (Å²) >= 11 is 0. The maximum Gasteiger partial charge on any atom is 0.123 e. The summed E-state index contributed by atoms with van der Waals surface area (Å²) < 4.78 is 4.12. The Bertz CT molecular complexity index is 740. The van der Waals surface area contributed by atoms with Gasteiger partial charge in [0.15, 0.2) is 0 Å². The van der Waals surface area contributed by atoms with Crippen LogP contribution in [-0.4, -0.2) is 25.4 Å². The second-order valence-corrected chi connectivity index (χ2v) is 5.60. The van der Waals surface area contributed by atoms with Gasteiger partial charge in [0.25, 0.3) is 0 Å². The van der Waals surface area contributed by atoms with E-state index in [9.17, 15) is 0 Å². The highest BCUT2D eigenvalue weighted by molar-refractivity contribution is 5.75. The minimum Gasteiger partial charge on any atom is -0.330 e. The Hall–Kier alpha value is -2.14. The van der Waals surface area contributed by atoms with Crippen LogP contribution in [-0.2, 0) is 20.1 Å². The first-order chi connectivity index (χ1) is 10.1. The smallest absolute Gasteiger partial charge is 0.123 e. The molecular formula is C16H21N5. The summed E-state index contributed by atoms with van der Waals surface area (Å²) in [7, 11) is 2.06. The summed E-state index contributed by atoms with van der Waals surface area (Å²) in [5, 5.41) is 7.83. The Balaban J connectivity index is 1.64. The summed E-state index contributed by atoms with van der Waals surface area (Å²) in [6.45, 7) is 5.84. The Kier molecular flexibility index (Phi) is 3.75. The number of aromatic nitrogens is 4. The van der Waals surface area contributed by atoms with Crippen molar-refractivity contribution in [2.75, 3.05) is 0 Å². The lowest BCUT2D eigenvalue weighted by Crippen LogP contribution is -2.31. The molecule has 0 radical (unpaired) electrons. The molecule has 5 nitrogen and oxygen atoms in total. The van der Waals surface area contributed by atoms with Gasteiger partial charge < -0.3 is 9.88 Å². The predicted molar refractivity (Wildman–Crippen MR) is 84.0 cm³/mol. The molecule has 2 heterocycles. The number of rotatable bonds is 5. The van der Waals surface area contributed by atoms with E-state index in [4.69, 9.17) is 0 Å². The molecule has 1 unspecified atom stereocenters. The maximum atomic E-state index is 4.67. The van der Waals surface area contributed by atoms with Gasteiger partial charge in [-0.15, -0.1) is 0 Å². The minimum atomic E-state index is 0.337. The number of hydrogen-bond acceptors (Lipinski definition) is 3. The van der Waals surface area contributed by atoms with Gasteiger partial charge in [-0.3, -0.25) is 4.68 Å². The fourth-order valence-electron chi connectivity index (χ4n) is 2.53. The largest absolute Gasteiger partial charge is 0.330 e. The molecule has 110 valence electrons. The van der Waals surface area contributed by atoms with Crippen molar-refractivity contribution < 1.29 is 0 Å². The zero-order chi connectivity index (χ0) is 14.8. The number of hydrogen-bond donors (Lipinski definition) is 1. The molecule has 1 N–H and O–H groups in total. The molecule has 1 atom stereocenters. The first-order valence-electron chi connectivity index (χ1n) is 7.26. The summed E-state index contributed by atoms with van der Waals surface area (Å²) in [6.07, 6.45) is 3.95. The molecule has 0 spiro atoms. The van der Waals surface area contributed by atoms with Crippen LogP contribution in [0.4, 0.5) is 0 Å². The number of imidazole rings is 1. The second kappa shape index (κ2) is 5.69. The topological polar surface area (TPSA) is 47.7 Å². The zero-order valence-corrected chi connectivity index (χ0v) is 12.7. The first kappa shape index (κ1) is 13.8. The number of para-hydroxylation sites is 2. The normalized spacial score (nSPS) is 12.9. The van der Waals surface area contributed by atoms with Crippen LogP contribution < -0.4 is 5.32 Å². The molecule has 0 amide bonds. The van der Waals surface area contributed by atoms with Gasteiger partial charge in [0.2, 0.25) is 0 Å². The van der Waals surface area contributed by atoms with Gasteiger partial charge >= 0.3 is 0 Å². The average Bonchev–Trinajstić information content (AvgIpc) is 3.01. The van der Waals surface area contributed by atoms with Crippen LogP contribution in [0.5, 0.6) is 0 Å². The van der Waals surface area contributed by atoms with E-state index in [1.54, 1.807) is 0 Å². The Morgan fingerprint density at radius 2 is 2.10 bits per heavy atom. The van der Waals surface area contributed by atoms with E-state index in [0.717, 1.165) is 24.4 Å². The van der Waals surface area contributed by atoms with E-state index >= 15 is 0 Å². The van der Waals surface area contributed by atoms with Gasteiger partial charge in [0.1, 0.15) is 5.82 Å². The Morgan fingerprint density at radius 3 is 2.81 bits per heavy atom. The van der Waals surface area contributed by atoms with Gasteiger partial charge in [-0.25, -0.2) is 4.98 Å². The van der Waals surface area contributed by atoms with Crippen molar-refractivity contribution in [1.82, 2.24) is 24.6 Å². The van der Waals surface area contributed by atoms with E-state index in [2.05, 4.69) is 59.2 Å². The van der Waals surface area contributed by atoms with Crippen molar-refractivity contribution in [1.29, 1.82) is 0 Å². The second-order valence-electron chi connectivity index (χ2n) is 5.60. The monoisotopic (exact) mass is 283 g/mol. The molecule has 0 aliphatic rings. The van der Waals surface area contributed by atoms with E-state index in [1.807, 2.05) is 23.0 Å². The SMILES string of the molecule is Cc1cnn(CC(C)NCc2nc3ccccc3n2C)c1. The fraction of sp³-hybridized carbons (Fsp3) is 0.375. The van der Waals surface area contributed by atoms with Crippen LogP contribution in [0.3, 0.4) is 0 Å². The molecule has 0 aliphatic carbocycles. The summed E-state index contributed by atoms with van der Waals surface area (Å²) in [4.78, 5) is 4.67. The molecule has 1 aromatic carbocycles. The van der Waals surface area contributed by atoms with Gasteiger partial charge in [-0.05, 0) is 31.5 Å². The van der Waals surface area contributed by atoms with Gasteiger partial charge in [0, 0.05) is 19.3 Å². The first-order valence-corrected chi connectivity index (χ1v) is 7.26. The van der Waals surface area contributed by atoms with E-state index in [-0.39, 0.29) is 0 Å². The fourth-order valence-corrected chi connectivity index (χ4v) is 2.53.